The maximum atomic E-state index is 12.9. The Morgan fingerprint density at radius 3 is 2.37 bits per heavy atom. The molecular formula is C25H23N5O5S3. The van der Waals surface area contributed by atoms with Gasteiger partial charge in [-0.05, 0) is 54.8 Å². The molecule has 2 aromatic heterocycles. The van der Waals surface area contributed by atoms with Gasteiger partial charge in [0.2, 0.25) is 14.8 Å². The van der Waals surface area contributed by atoms with E-state index in [9.17, 15) is 18.5 Å². The number of hydrogen-bond acceptors (Lipinski definition) is 9. The number of rotatable bonds is 7. The summed E-state index contributed by atoms with van der Waals surface area (Å²) in [5, 5.41) is 19.8. The van der Waals surface area contributed by atoms with Crippen molar-refractivity contribution in [2.45, 2.75) is 11.8 Å². The van der Waals surface area contributed by atoms with E-state index < -0.39 is 14.9 Å². The Kier molecular flexibility index (Phi) is 7.63. The Morgan fingerprint density at radius 2 is 1.74 bits per heavy atom. The number of non-ortho nitro benzene ring substituents is 1. The number of morpholine rings is 1. The van der Waals surface area contributed by atoms with Gasteiger partial charge in [0.15, 0.2) is 0 Å². The Hall–Kier alpha value is -3.49. The van der Waals surface area contributed by atoms with Gasteiger partial charge in [-0.2, -0.15) is 9.41 Å². The zero-order valence-corrected chi connectivity index (χ0v) is 22.7. The third kappa shape index (κ3) is 5.51. The van der Waals surface area contributed by atoms with Crippen LogP contribution >= 0.6 is 22.7 Å². The molecule has 0 amide bonds. The molecule has 4 aromatic rings. The molecule has 5 rings (SSSR count). The van der Waals surface area contributed by atoms with Gasteiger partial charge >= 0.3 is 0 Å². The van der Waals surface area contributed by atoms with Crippen LogP contribution < -0.4 is 4.80 Å². The summed E-state index contributed by atoms with van der Waals surface area (Å²) in [5.74, 6) is 0. The van der Waals surface area contributed by atoms with Crippen molar-refractivity contribution < 1.29 is 18.1 Å². The molecule has 10 nitrogen and oxygen atoms in total. The predicted molar refractivity (Wildman–Crippen MR) is 148 cm³/mol. The molecule has 196 valence electrons. The first-order valence-corrected chi connectivity index (χ1v) is 14.8. The normalized spacial score (nSPS) is 15.6. The molecule has 3 heterocycles. The standard InChI is InChI=1S/C25H23N5O5S3/c1-18(24-3-2-16-36-24)27-29-23(19-4-8-21(9-5-19)30(31)32)17-37-25(29)26-20-6-10-22(11-7-20)38(33,34)28-12-14-35-15-13-28/h2-11,16-17H,12-15H2,1H3. The molecule has 1 aliphatic rings. The molecule has 0 spiro atoms. The first kappa shape index (κ1) is 26.1. The minimum atomic E-state index is -3.60. The molecule has 0 radical (unpaired) electrons. The van der Waals surface area contributed by atoms with Crippen LogP contribution in [0.3, 0.4) is 0 Å². The molecule has 0 aliphatic carbocycles. The fraction of sp³-hybridized carbons (Fsp3) is 0.200. The molecule has 1 saturated heterocycles. The summed E-state index contributed by atoms with van der Waals surface area (Å²) in [6.07, 6.45) is 0. The van der Waals surface area contributed by atoms with Gasteiger partial charge in [0.05, 0.1) is 45.0 Å². The van der Waals surface area contributed by atoms with Crippen LogP contribution in [0.1, 0.15) is 11.8 Å². The molecule has 0 N–H and O–H groups in total. The molecule has 13 heteroatoms. The van der Waals surface area contributed by atoms with E-state index in [2.05, 4.69) is 0 Å². The minimum absolute atomic E-state index is 0.00540. The van der Waals surface area contributed by atoms with Gasteiger partial charge in [-0.1, -0.05) is 6.07 Å². The number of sulfonamides is 1. The zero-order valence-electron chi connectivity index (χ0n) is 20.3. The number of ether oxygens (including phenoxy) is 1. The third-order valence-electron chi connectivity index (χ3n) is 5.86. The van der Waals surface area contributed by atoms with Crippen molar-refractivity contribution >= 4 is 49.8 Å². The maximum Gasteiger partial charge on any atom is 0.269 e. The summed E-state index contributed by atoms with van der Waals surface area (Å²) in [7, 11) is -3.60. The highest BCUT2D eigenvalue weighted by atomic mass is 32.2. The van der Waals surface area contributed by atoms with Crippen LogP contribution in [0, 0.1) is 10.1 Å². The third-order valence-corrected chi connectivity index (χ3v) is 9.56. The van der Waals surface area contributed by atoms with Gasteiger partial charge < -0.3 is 4.74 Å². The van der Waals surface area contributed by atoms with Gasteiger partial charge in [-0.15, -0.1) is 22.7 Å². The summed E-state index contributed by atoms with van der Waals surface area (Å²) >= 11 is 2.94. The van der Waals surface area contributed by atoms with E-state index in [0.29, 0.717) is 36.8 Å². The summed E-state index contributed by atoms with van der Waals surface area (Å²) in [4.78, 5) is 17.2. The van der Waals surface area contributed by atoms with Gasteiger partial charge in [-0.25, -0.2) is 18.1 Å². The van der Waals surface area contributed by atoms with Gasteiger partial charge in [0.1, 0.15) is 0 Å². The second-order valence-electron chi connectivity index (χ2n) is 8.30. The second-order valence-corrected chi connectivity index (χ2v) is 12.0. The van der Waals surface area contributed by atoms with Gasteiger partial charge in [0, 0.05) is 36.2 Å². The summed E-state index contributed by atoms with van der Waals surface area (Å²) in [6, 6.07) is 16.6. The number of aromatic nitrogens is 1. The van der Waals surface area contributed by atoms with Crippen molar-refractivity contribution in [2.75, 3.05) is 26.3 Å². The molecule has 1 fully saturated rings. The van der Waals surface area contributed by atoms with Crippen LogP contribution in [-0.4, -0.2) is 54.3 Å². The predicted octanol–water partition coefficient (Wildman–Crippen LogP) is 4.71. The molecule has 0 saturated carbocycles. The SMILES string of the molecule is CC(=Nn1c(-c2ccc([N+](=O)[O-])cc2)csc1=Nc1ccc(S(=O)(=O)N2CCOCC2)cc1)c1cccs1. The first-order chi connectivity index (χ1) is 18.3. The average molecular weight is 570 g/mol. The molecule has 1 aliphatic heterocycles. The van der Waals surface area contributed by atoms with E-state index in [0.717, 1.165) is 21.8 Å². The van der Waals surface area contributed by atoms with E-state index >= 15 is 0 Å². The highest BCUT2D eigenvalue weighted by Crippen LogP contribution is 2.25. The quantitative estimate of drug-likeness (QED) is 0.181. The molecule has 0 bridgehead atoms. The number of thiophene rings is 1. The Labute approximate surface area is 227 Å². The second kappa shape index (κ2) is 11.1. The van der Waals surface area contributed by atoms with Crippen LogP contribution in [0.15, 0.2) is 86.4 Å². The maximum absolute atomic E-state index is 12.9. The van der Waals surface area contributed by atoms with Crippen molar-refractivity contribution in [1.82, 2.24) is 8.98 Å². The van der Waals surface area contributed by atoms with Crippen LogP contribution in [-0.2, 0) is 14.8 Å². The highest BCUT2D eigenvalue weighted by Gasteiger charge is 2.26. The van der Waals surface area contributed by atoms with E-state index in [1.807, 2.05) is 29.8 Å². The Morgan fingerprint density at radius 1 is 1.03 bits per heavy atom. The number of benzene rings is 2. The Bertz CT molecular complexity index is 1630. The largest absolute Gasteiger partial charge is 0.379 e. The number of nitro groups is 1. The van der Waals surface area contributed by atoms with Crippen molar-refractivity contribution in [1.29, 1.82) is 0 Å². The summed E-state index contributed by atoms with van der Waals surface area (Å²) in [6.45, 7) is 3.33. The number of hydrogen-bond donors (Lipinski definition) is 0. The fourth-order valence-electron chi connectivity index (χ4n) is 3.85. The van der Waals surface area contributed by atoms with Crippen LogP contribution in [0.4, 0.5) is 11.4 Å². The van der Waals surface area contributed by atoms with Crippen molar-refractivity contribution in [2.24, 2.45) is 10.1 Å². The lowest BCUT2D eigenvalue weighted by Gasteiger charge is -2.26. The first-order valence-electron chi connectivity index (χ1n) is 11.6. The molecule has 0 unspecified atom stereocenters. The molecular weight excluding hydrogens is 547 g/mol. The smallest absolute Gasteiger partial charge is 0.269 e. The van der Waals surface area contributed by atoms with E-state index in [1.165, 1.54) is 27.8 Å². The van der Waals surface area contributed by atoms with Gasteiger partial charge in [-0.3, -0.25) is 10.1 Å². The van der Waals surface area contributed by atoms with Crippen LogP contribution in [0.25, 0.3) is 11.3 Å². The van der Waals surface area contributed by atoms with E-state index in [4.69, 9.17) is 14.8 Å². The average Bonchev–Trinajstić information content (AvgIpc) is 3.61. The van der Waals surface area contributed by atoms with Crippen LogP contribution in [0.5, 0.6) is 0 Å². The van der Waals surface area contributed by atoms with Crippen molar-refractivity contribution in [3.05, 3.63) is 91.2 Å². The van der Waals surface area contributed by atoms with Crippen LogP contribution in [0.2, 0.25) is 0 Å². The number of nitro benzene ring substituents is 1. The topological polar surface area (TPSA) is 119 Å². The lowest BCUT2D eigenvalue weighted by Crippen LogP contribution is -2.40. The minimum Gasteiger partial charge on any atom is -0.379 e. The molecule has 2 aromatic carbocycles. The monoisotopic (exact) mass is 569 g/mol. The van der Waals surface area contributed by atoms with Gasteiger partial charge in [0.25, 0.3) is 5.69 Å². The molecule has 0 atom stereocenters. The summed E-state index contributed by atoms with van der Waals surface area (Å²) in [5.41, 5.74) is 2.84. The van der Waals surface area contributed by atoms with E-state index in [-0.39, 0.29) is 10.6 Å². The number of thiazole rings is 1. The highest BCUT2D eigenvalue weighted by molar-refractivity contribution is 7.89. The fourth-order valence-corrected chi connectivity index (χ4v) is 6.78. The van der Waals surface area contributed by atoms with Crippen molar-refractivity contribution in [3.63, 3.8) is 0 Å². The number of nitrogens with zero attached hydrogens (tertiary/aromatic N) is 5. The lowest BCUT2D eigenvalue weighted by molar-refractivity contribution is -0.384. The zero-order chi connectivity index (χ0) is 26.7. The van der Waals surface area contributed by atoms with Crippen molar-refractivity contribution in [3.8, 4) is 11.3 Å². The lowest BCUT2D eigenvalue weighted by atomic mass is 10.1. The van der Waals surface area contributed by atoms with E-state index in [1.54, 1.807) is 52.4 Å². The Balaban J connectivity index is 1.54. The summed E-state index contributed by atoms with van der Waals surface area (Å²) < 4.78 is 34.3. The molecule has 38 heavy (non-hydrogen) atoms.